The second kappa shape index (κ2) is 9.33. The Morgan fingerprint density at radius 2 is 1.52 bits per heavy atom. The van der Waals surface area contributed by atoms with Crippen LogP contribution in [0.4, 0.5) is 0 Å². The predicted octanol–water partition coefficient (Wildman–Crippen LogP) is 2.91. The summed E-state index contributed by atoms with van der Waals surface area (Å²) in [6.45, 7) is 3.56. The van der Waals surface area contributed by atoms with Crippen molar-refractivity contribution in [1.29, 1.82) is 0 Å². The van der Waals surface area contributed by atoms with Gasteiger partial charge in [0.2, 0.25) is 11.8 Å². The quantitative estimate of drug-likeness (QED) is 0.810. The van der Waals surface area contributed by atoms with E-state index in [0.29, 0.717) is 38.0 Å². The van der Waals surface area contributed by atoms with Crippen molar-refractivity contribution in [1.82, 2.24) is 15.1 Å². The van der Waals surface area contributed by atoms with E-state index >= 15 is 0 Å². The summed E-state index contributed by atoms with van der Waals surface area (Å²) in [6.07, 6.45) is 2.90. The van der Waals surface area contributed by atoms with Gasteiger partial charge in [0.1, 0.15) is 12.1 Å². The smallest absolute Gasteiger partial charge is 0.254 e. The SMILES string of the molecule is Cc1ccc(C(=O)N2CCC[C@@H]2C(=O)N2CCC[C@H]2C(=O)NCc2ccccc2)cc1. The van der Waals surface area contributed by atoms with Gasteiger partial charge in [-0.05, 0) is 50.3 Å². The Morgan fingerprint density at radius 1 is 0.871 bits per heavy atom. The lowest BCUT2D eigenvalue weighted by molar-refractivity contribution is -0.141. The molecule has 0 aliphatic carbocycles. The van der Waals surface area contributed by atoms with E-state index in [1.807, 2.05) is 61.5 Å². The molecule has 2 aliphatic rings. The molecule has 0 spiro atoms. The standard InChI is InChI=1S/C25H29N3O3/c1-18-11-13-20(14-12-18)24(30)28-16-6-10-22(28)25(31)27-15-5-9-21(27)23(29)26-17-19-7-3-2-4-8-19/h2-4,7-8,11-14,21-22H,5-6,9-10,15-17H2,1H3,(H,26,29)/t21-,22+/m0/s1. The lowest BCUT2D eigenvalue weighted by Gasteiger charge is -2.31. The molecule has 2 fully saturated rings. The number of carbonyl (C=O) groups excluding carboxylic acids is 3. The van der Waals surface area contributed by atoms with Crippen molar-refractivity contribution in [2.75, 3.05) is 13.1 Å². The highest BCUT2D eigenvalue weighted by molar-refractivity contribution is 5.99. The van der Waals surface area contributed by atoms with Gasteiger partial charge in [-0.15, -0.1) is 0 Å². The highest BCUT2D eigenvalue weighted by Gasteiger charge is 2.42. The van der Waals surface area contributed by atoms with Gasteiger partial charge in [0.15, 0.2) is 0 Å². The van der Waals surface area contributed by atoms with Crippen LogP contribution in [0.15, 0.2) is 54.6 Å². The fourth-order valence-electron chi connectivity index (χ4n) is 4.53. The van der Waals surface area contributed by atoms with Crippen LogP contribution >= 0.6 is 0 Å². The molecule has 6 heteroatoms. The van der Waals surface area contributed by atoms with Crippen LogP contribution in [0, 0.1) is 6.92 Å². The predicted molar refractivity (Wildman–Crippen MR) is 118 cm³/mol. The number of nitrogens with zero attached hydrogens (tertiary/aromatic N) is 2. The fourth-order valence-corrected chi connectivity index (χ4v) is 4.53. The second-order valence-electron chi connectivity index (χ2n) is 8.42. The number of aryl methyl sites for hydroxylation is 1. The van der Waals surface area contributed by atoms with Crippen LogP contribution in [0.5, 0.6) is 0 Å². The Hall–Kier alpha value is -3.15. The van der Waals surface area contributed by atoms with Gasteiger partial charge >= 0.3 is 0 Å². The molecule has 2 aliphatic heterocycles. The number of carbonyl (C=O) groups is 3. The van der Waals surface area contributed by atoms with Crippen LogP contribution in [0.2, 0.25) is 0 Å². The monoisotopic (exact) mass is 419 g/mol. The van der Waals surface area contributed by atoms with Gasteiger partial charge in [-0.25, -0.2) is 0 Å². The minimum absolute atomic E-state index is 0.102. The molecule has 2 aromatic rings. The molecule has 4 rings (SSSR count). The summed E-state index contributed by atoms with van der Waals surface area (Å²) >= 11 is 0. The maximum atomic E-state index is 13.4. The lowest BCUT2D eigenvalue weighted by atomic mass is 10.1. The molecule has 2 aromatic carbocycles. The van der Waals surface area contributed by atoms with Crippen molar-refractivity contribution in [3.63, 3.8) is 0 Å². The minimum Gasteiger partial charge on any atom is -0.350 e. The molecule has 2 heterocycles. The molecule has 0 aromatic heterocycles. The van der Waals surface area contributed by atoms with Crippen LogP contribution in [0.25, 0.3) is 0 Å². The molecule has 2 saturated heterocycles. The van der Waals surface area contributed by atoms with Gasteiger partial charge in [-0.3, -0.25) is 14.4 Å². The van der Waals surface area contributed by atoms with Gasteiger partial charge in [-0.2, -0.15) is 0 Å². The molecule has 0 bridgehead atoms. The number of hydrogen-bond donors (Lipinski definition) is 1. The lowest BCUT2D eigenvalue weighted by Crippen LogP contribution is -2.52. The second-order valence-corrected chi connectivity index (χ2v) is 8.42. The van der Waals surface area contributed by atoms with Crippen molar-refractivity contribution >= 4 is 17.7 Å². The molecule has 0 saturated carbocycles. The first-order valence-corrected chi connectivity index (χ1v) is 11.0. The Morgan fingerprint density at radius 3 is 2.23 bits per heavy atom. The number of nitrogens with one attached hydrogen (secondary N) is 1. The first kappa shape index (κ1) is 21.1. The summed E-state index contributed by atoms with van der Waals surface area (Å²) in [6, 6.07) is 16.2. The van der Waals surface area contributed by atoms with Gasteiger partial charge in [0.25, 0.3) is 5.91 Å². The summed E-state index contributed by atoms with van der Waals surface area (Å²) in [5.74, 6) is -0.334. The third kappa shape index (κ3) is 4.63. The first-order valence-electron chi connectivity index (χ1n) is 11.0. The zero-order valence-electron chi connectivity index (χ0n) is 17.9. The molecule has 0 radical (unpaired) electrons. The minimum atomic E-state index is -0.490. The van der Waals surface area contributed by atoms with E-state index < -0.39 is 12.1 Å². The van der Waals surface area contributed by atoms with E-state index in [1.165, 1.54) is 0 Å². The van der Waals surface area contributed by atoms with E-state index in [1.54, 1.807) is 9.80 Å². The van der Waals surface area contributed by atoms with E-state index in [9.17, 15) is 14.4 Å². The zero-order valence-corrected chi connectivity index (χ0v) is 17.9. The Bertz CT molecular complexity index is 942. The maximum Gasteiger partial charge on any atom is 0.254 e. The topological polar surface area (TPSA) is 69.7 Å². The largest absolute Gasteiger partial charge is 0.350 e. The van der Waals surface area contributed by atoms with Crippen molar-refractivity contribution in [3.8, 4) is 0 Å². The number of benzene rings is 2. The zero-order chi connectivity index (χ0) is 21.8. The Balaban J connectivity index is 1.42. The molecule has 1 N–H and O–H groups in total. The third-order valence-corrected chi connectivity index (χ3v) is 6.25. The maximum absolute atomic E-state index is 13.4. The van der Waals surface area contributed by atoms with Crippen molar-refractivity contribution in [2.45, 2.75) is 51.2 Å². The van der Waals surface area contributed by atoms with Crippen LogP contribution in [0.1, 0.15) is 47.2 Å². The molecule has 162 valence electrons. The van der Waals surface area contributed by atoms with Crippen molar-refractivity contribution < 1.29 is 14.4 Å². The van der Waals surface area contributed by atoms with E-state index in [-0.39, 0.29) is 17.7 Å². The summed E-state index contributed by atoms with van der Waals surface area (Å²) < 4.78 is 0. The van der Waals surface area contributed by atoms with Gasteiger partial charge in [0, 0.05) is 25.2 Å². The number of likely N-dealkylation sites (tertiary alicyclic amines) is 2. The van der Waals surface area contributed by atoms with Crippen LogP contribution in [-0.2, 0) is 16.1 Å². The molecular formula is C25H29N3O3. The highest BCUT2D eigenvalue weighted by atomic mass is 16.2. The van der Waals surface area contributed by atoms with Gasteiger partial charge in [-0.1, -0.05) is 48.0 Å². The van der Waals surface area contributed by atoms with E-state index in [2.05, 4.69) is 5.32 Å². The average Bonchev–Trinajstić information content (AvgIpc) is 3.48. The molecule has 6 nitrogen and oxygen atoms in total. The number of hydrogen-bond acceptors (Lipinski definition) is 3. The normalized spacial score (nSPS) is 20.7. The fraction of sp³-hybridized carbons (Fsp3) is 0.400. The van der Waals surface area contributed by atoms with E-state index in [0.717, 1.165) is 24.0 Å². The highest BCUT2D eigenvalue weighted by Crippen LogP contribution is 2.26. The summed E-state index contributed by atoms with van der Waals surface area (Å²) in [5.41, 5.74) is 2.72. The summed E-state index contributed by atoms with van der Waals surface area (Å²) in [4.78, 5) is 42.6. The van der Waals surface area contributed by atoms with Crippen LogP contribution in [-0.4, -0.2) is 52.7 Å². The van der Waals surface area contributed by atoms with E-state index in [4.69, 9.17) is 0 Å². The number of rotatable bonds is 5. The van der Waals surface area contributed by atoms with Crippen molar-refractivity contribution in [2.24, 2.45) is 0 Å². The Labute approximate surface area is 183 Å². The molecule has 31 heavy (non-hydrogen) atoms. The van der Waals surface area contributed by atoms with Gasteiger partial charge < -0.3 is 15.1 Å². The van der Waals surface area contributed by atoms with Crippen LogP contribution < -0.4 is 5.32 Å². The van der Waals surface area contributed by atoms with Gasteiger partial charge in [0.05, 0.1) is 0 Å². The van der Waals surface area contributed by atoms with Crippen molar-refractivity contribution in [3.05, 3.63) is 71.3 Å². The third-order valence-electron chi connectivity index (χ3n) is 6.25. The summed E-state index contributed by atoms with van der Waals surface area (Å²) in [5, 5.41) is 2.97. The van der Waals surface area contributed by atoms with Crippen LogP contribution in [0.3, 0.4) is 0 Å². The Kier molecular flexibility index (Phi) is 6.35. The number of amides is 3. The molecule has 2 atom stereocenters. The molecule has 3 amide bonds. The first-order chi connectivity index (χ1) is 15.0. The molecular weight excluding hydrogens is 390 g/mol. The molecule has 0 unspecified atom stereocenters. The average molecular weight is 420 g/mol. The summed E-state index contributed by atoms with van der Waals surface area (Å²) in [7, 11) is 0.